The molecule has 0 aliphatic heterocycles. The van der Waals surface area contributed by atoms with Gasteiger partial charge in [0, 0.05) is 28.4 Å². The normalized spacial score (nSPS) is 20.7. The Morgan fingerprint density at radius 3 is 2.90 bits per heavy atom. The van der Waals surface area contributed by atoms with Crippen LogP contribution in [-0.2, 0) is 12.8 Å². The molecule has 1 aliphatic rings. The maximum absolute atomic E-state index is 6.26. The zero-order chi connectivity index (χ0) is 14.3. The Morgan fingerprint density at radius 2 is 2.20 bits per heavy atom. The molecule has 4 heteroatoms. The number of hydrogen-bond acceptors (Lipinski definition) is 4. The van der Waals surface area contributed by atoms with E-state index < -0.39 is 0 Å². The second-order valence-electron chi connectivity index (χ2n) is 6.37. The highest BCUT2D eigenvalue weighted by atomic mass is 32.1. The zero-order valence-corrected chi connectivity index (χ0v) is 13.1. The van der Waals surface area contributed by atoms with Crippen LogP contribution in [0.2, 0.25) is 0 Å². The fourth-order valence-corrected chi connectivity index (χ4v) is 3.80. The third-order valence-electron chi connectivity index (χ3n) is 3.95. The molecule has 0 aromatic carbocycles. The summed E-state index contributed by atoms with van der Waals surface area (Å²) in [6, 6.07) is 4.36. The van der Waals surface area contributed by atoms with E-state index in [0.29, 0.717) is 0 Å². The van der Waals surface area contributed by atoms with Gasteiger partial charge in [-0.05, 0) is 36.8 Å². The molecule has 1 atom stereocenters. The molecular weight excluding hydrogens is 266 g/mol. The van der Waals surface area contributed by atoms with Crippen LogP contribution in [0.1, 0.15) is 49.4 Å². The second-order valence-corrected chi connectivity index (χ2v) is 7.54. The highest BCUT2D eigenvalue weighted by molar-refractivity contribution is 7.15. The molecular formula is C16H21N3S. The number of rotatable bonds is 2. The Balaban J connectivity index is 2.00. The Bertz CT molecular complexity index is 630. The lowest BCUT2D eigenvalue weighted by Crippen LogP contribution is -2.30. The molecule has 0 saturated heterocycles. The summed E-state index contributed by atoms with van der Waals surface area (Å²) in [6.45, 7) is 6.70. The lowest BCUT2D eigenvalue weighted by atomic mass is 9.74. The summed E-state index contributed by atoms with van der Waals surface area (Å²) in [7, 11) is 0. The summed E-state index contributed by atoms with van der Waals surface area (Å²) in [6.07, 6.45) is 4.98. The first-order valence-electron chi connectivity index (χ1n) is 7.19. The van der Waals surface area contributed by atoms with E-state index >= 15 is 0 Å². The largest absolute Gasteiger partial charge is 0.324 e. The molecule has 20 heavy (non-hydrogen) atoms. The molecule has 0 fully saturated rings. The Labute approximate surface area is 124 Å². The van der Waals surface area contributed by atoms with Crippen molar-refractivity contribution >= 4 is 11.3 Å². The summed E-state index contributed by atoms with van der Waals surface area (Å²) >= 11 is 1.78. The van der Waals surface area contributed by atoms with E-state index in [1.807, 2.05) is 6.20 Å². The van der Waals surface area contributed by atoms with Crippen molar-refractivity contribution in [3.05, 3.63) is 34.5 Å². The number of nitrogens with two attached hydrogens (primary N) is 1. The first-order valence-corrected chi connectivity index (χ1v) is 8.00. The predicted octanol–water partition coefficient (Wildman–Crippen LogP) is 3.74. The number of aromatic nitrogens is 2. The van der Waals surface area contributed by atoms with Crippen molar-refractivity contribution in [3.8, 4) is 10.7 Å². The molecule has 3 rings (SSSR count). The van der Waals surface area contributed by atoms with Crippen molar-refractivity contribution < 1.29 is 0 Å². The minimum absolute atomic E-state index is 0.0670. The second kappa shape index (κ2) is 4.93. The van der Waals surface area contributed by atoms with E-state index in [1.165, 1.54) is 4.88 Å². The molecule has 1 unspecified atom stereocenters. The average Bonchev–Trinajstić information content (AvgIpc) is 2.85. The van der Waals surface area contributed by atoms with Gasteiger partial charge in [0.1, 0.15) is 0 Å². The van der Waals surface area contributed by atoms with Crippen LogP contribution in [0.4, 0.5) is 0 Å². The van der Waals surface area contributed by atoms with Gasteiger partial charge >= 0.3 is 0 Å². The summed E-state index contributed by atoms with van der Waals surface area (Å²) in [5.41, 5.74) is 8.74. The number of fused-ring (bicyclic) bond motifs is 1. The maximum Gasteiger partial charge on any atom is 0.169 e. The van der Waals surface area contributed by atoms with Crippen molar-refractivity contribution in [3.63, 3.8) is 0 Å². The zero-order valence-electron chi connectivity index (χ0n) is 12.3. The van der Waals surface area contributed by atoms with E-state index in [0.717, 1.165) is 41.2 Å². The average molecular weight is 287 g/mol. The van der Waals surface area contributed by atoms with Gasteiger partial charge in [-0.2, -0.15) is 0 Å². The summed E-state index contributed by atoms with van der Waals surface area (Å²) < 4.78 is 0. The quantitative estimate of drug-likeness (QED) is 0.915. The first kappa shape index (κ1) is 13.7. The molecule has 0 saturated carbocycles. The van der Waals surface area contributed by atoms with Gasteiger partial charge in [-0.25, -0.2) is 9.97 Å². The van der Waals surface area contributed by atoms with Gasteiger partial charge in [-0.3, -0.25) is 0 Å². The minimum atomic E-state index is 0.0670. The van der Waals surface area contributed by atoms with Crippen LogP contribution >= 0.6 is 11.3 Å². The van der Waals surface area contributed by atoms with Crippen LogP contribution in [-0.4, -0.2) is 9.97 Å². The van der Waals surface area contributed by atoms with Crippen LogP contribution < -0.4 is 5.73 Å². The monoisotopic (exact) mass is 287 g/mol. The number of nitrogens with zero attached hydrogens (tertiary/aromatic N) is 2. The highest BCUT2D eigenvalue weighted by Gasteiger charge is 2.31. The molecule has 0 spiro atoms. The van der Waals surface area contributed by atoms with E-state index in [2.05, 4.69) is 37.9 Å². The van der Waals surface area contributed by atoms with Crippen LogP contribution in [0.3, 0.4) is 0 Å². The first-order chi connectivity index (χ1) is 9.48. The van der Waals surface area contributed by atoms with Crippen molar-refractivity contribution in [2.24, 2.45) is 11.1 Å². The third kappa shape index (κ3) is 2.50. The van der Waals surface area contributed by atoms with Crippen molar-refractivity contribution in [1.29, 1.82) is 0 Å². The molecule has 2 N–H and O–H groups in total. The van der Waals surface area contributed by atoms with Crippen molar-refractivity contribution in [2.45, 2.75) is 46.1 Å². The van der Waals surface area contributed by atoms with E-state index in [-0.39, 0.29) is 11.5 Å². The lowest BCUT2D eigenvalue weighted by molar-refractivity contribution is 0.278. The molecule has 3 nitrogen and oxygen atoms in total. The Hall–Kier alpha value is -1.26. The van der Waals surface area contributed by atoms with Crippen LogP contribution in [0, 0.1) is 5.41 Å². The molecule has 106 valence electrons. The highest BCUT2D eigenvalue weighted by Crippen LogP contribution is 2.39. The van der Waals surface area contributed by atoms with Crippen molar-refractivity contribution in [2.75, 3.05) is 0 Å². The SMILES string of the molecule is CCc1ccc(-c2ncc3c(n2)CC(C)(C)CC3N)s1. The number of aryl methyl sites for hydroxylation is 1. The van der Waals surface area contributed by atoms with Gasteiger partial charge in [-0.15, -0.1) is 11.3 Å². The van der Waals surface area contributed by atoms with Gasteiger partial charge < -0.3 is 5.73 Å². The molecule has 1 aliphatic carbocycles. The molecule has 2 aromatic rings. The molecule has 0 amide bonds. The van der Waals surface area contributed by atoms with Gasteiger partial charge in [0.25, 0.3) is 0 Å². The van der Waals surface area contributed by atoms with E-state index in [9.17, 15) is 0 Å². The molecule has 0 radical (unpaired) electrons. The van der Waals surface area contributed by atoms with Gasteiger partial charge in [0.2, 0.25) is 0 Å². The fraction of sp³-hybridized carbons (Fsp3) is 0.500. The minimum Gasteiger partial charge on any atom is -0.324 e. The lowest BCUT2D eigenvalue weighted by Gasteiger charge is -2.34. The fourth-order valence-electron chi connectivity index (χ4n) is 2.92. The van der Waals surface area contributed by atoms with E-state index in [1.54, 1.807) is 11.3 Å². The Morgan fingerprint density at radius 1 is 1.40 bits per heavy atom. The van der Waals surface area contributed by atoms with Gasteiger partial charge in [0.15, 0.2) is 5.82 Å². The summed E-state index contributed by atoms with van der Waals surface area (Å²) in [5.74, 6) is 0.846. The van der Waals surface area contributed by atoms with Crippen LogP contribution in [0.15, 0.2) is 18.3 Å². The van der Waals surface area contributed by atoms with Crippen molar-refractivity contribution in [1.82, 2.24) is 9.97 Å². The summed E-state index contributed by atoms with van der Waals surface area (Å²) in [4.78, 5) is 11.9. The Kier molecular flexibility index (Phi) is 3.38. The predicted molar refractivity (Wildman–Crippen MR) is 83.8 cm³/mol. The molecule has 0 bridgehead atoms. The topological polar surface area (TPSA) is 51.8 Å². The van der Waals surface area contributed by atoms with Gasteiger partial charge in [-0.1, -0.05) is 20.8 Å². The van der Waals surface area contributed by atoms with E-state index in [4.69, 9.17) is 10.7 Å². The van der Waals surface area contributed by atoms with Gasteiger partial charge in [0.05, 0.1) is 4.88 Å². The standard InChI is InChI=1S/C16H21N3S/c1-4-10-5-6-14(20-10)15-18-9-11-12(17)7-16(2,3)8-13(11)19-15/h5-6,9,12H,4,7-8,17H2,1-3H3. The summed E-state index contributed by atoms with van der Waals surface area (Å²) in [5, 5.41) is 0. The number of thiophene rings is 1. The molecule has 2 aromatic heterocycles. The van der Waals surface area contributed by atoms with Crippen LogP contribution in [0.25, 0.3) is 10.7 Å². The molecule has 2 heterocycles. The number of hydrogen-bond donors (Lipinski definition) is 1. The van der Waals surface area contributed by atoms with Crippen LogP contribution in [0.5, 0.6) is 0 Å². The smallest absolute Gasteiger partial charge is 0.169 e. The third-order valence-corrected chi connectivity index (χ3v) is 5.17. The maximum atomic E-state index is 6.26.